The van der Waals surface area contributed by atoms with Crippen LogP contribution in [0.1, 0.15) is 53.4 Å². The summed E-state index contributed by atoms with van der Waals surface area (Å²) in [5.41, 5.74) is -0.304. The molecule has 17 heavy (non-hydrogen) atoms. The first-order valence-electron chi connectivity index (χ1n) is 7.11. The summed E-state index contributed by atoms with van der Waals surface area (Å²) in [7, 11) is 0. The van der Waals surface area contributed by atoms with Crippen LogP contribution in [0.4, 0.5) is 0 Å². The van der Waals surface area contributed by atoms with Crippen LogP contribution < -0.4 is 5.32 Å². The van der Waals surface area contributed by atoms with E-state index in [1.165, 1.54) is 0 Å². The van der Waals surface area contributed by atoms with E-state index >= 15 is 0 Å². The Labute approximate surface area is 106 Å². The van der Waals surface area contributed by atoms with Gasteiger partial charge in [-0.15, -0.1) is 0 Å². The van der Waals surface area contributed by atoms with Crippen molar-refractivity contribution >= 4 is 5.91 Å². The van der Waals surface area contributed by atoms with E-state index in [0.717, 1.165) is 45.3 Å². The molecule has 0 bridgehead atoms. The maximum Gasteiger partial charge on any atom is 0.242 e. The van der Waals surface area contributed by atoms with Crippen molar-refractivity contribution in [3.05, 3.63) is 0 Å². The Bertz CT molecular complexity index is 243. The zero-order valence-electron chi connectivity index (χ0n) is 11.9. The molecule has 0 aliphatic carbocycles. The van der Waals surface area contributed by atoms with Gasteiger partial charge in [0.15, 0.2) is 0 Å². The Morgan fingerprint density at radius 1 is 1.35 bits per heavy atom. The molecule has 1 heterocycles. The summed E-state index contributed by atoms with van der Waals surface area (Å²) in [6, 6.07) is 0. The fourth-order valence-corrected chi connectivity index (χ4v) is 2.64. The number of nitrogens with one attached hydrogen (secondary N) is 1. The summed E-state index contributed by atoms with van der Waals surface area (Å²) in [5, 5.41) is 3.37. The smallest absolute Gasteiger partial charge is 0.242 e. The van der Waals surface area contributed by atoms with Crippen LogP contribution in [0, 0.1) is 5.92 Å². The van der Waals surface area contributed by atoms with E-state index in [-0.39, 0.29) is 5.54 Å². The van der Waals surface area contributed by atoms with E-state index in [9.17, 15) is 4.79 Å². The van der Waals surface area contributed by atoms with Gasteiger partial charge in [-0.25, -0.2) is 0 Å². The summed E-state index contributed by atoms with van der Waals surface area (Å²) in [4.78, 5) is 14.6. The van der Waals surface area contributed by atoms with Crippen LogP contribution in [0.25, 0.3) is 0 Å². The van der Waals surface area contributed by atoms with Gasteiger partial charge in [0.05, 0.1) is 5.54 Å². The fourth-order valence-electron chi connectivity index (χ4n) is 2.64. The normalized spacial score (nSPS) is 24.3. The van der Waals surface area contributed by atoms with Gasteiger partial charge in [0.2, 0.25) is 5.91 Å². The Kier molecular flexibility index (Phi) is 5.44. The number of hydrogen-bond acceptors (Lipinski definition) is 2. The third-order valence-electron chi connectivity index (χ3n) is 4.14. The second kappa shape index (κ2) is 6.39. The van der Waals surface area contributed by atoms with Gasteiger partial charge in [-0.05, 0) is 39.2 Å². The summed E-state index contributed by atoms with van der Waals surface area (Å²) in [6.07, 6.45) is 4.41. The molecule has 1 unspecified atom stereocenters. The summed E-state index contributed by atoms with van der Waals surface area (Å²) in [5.74, 6) is 0.938. The molecule has 3 nitrogen and oxygen atoms in total. The van der Waals surface area contributed by atoms with Gasteiger partial charge in [-0.3, -0.25) is 4.79 Å². The predicted octanol–water partition coefficient (Wildman–Crippen LogP) is 2.41. The first-order valence-corrected chi connectivity index (χ1v) is 7.11. The van der Waals surface area contributed by atoms with E-state index in [1.807, 2.05) is 4.90 Å². The van der Waals surface area contributed by atoms with Crippen LogP contribution in [-0.2, 0) is 4.79 Å². The standard InChI is InChI=1S/C14H28N2O/c1-5-12(6-2)11-16(7-3)13(17)14(4)9-8-10-15-14/h12,15H,5-11H2,1-4H3. The zero-order valence-corrected chi connectivity index (χ0v) is 11.9. The van der Waals surface area contributed by atoms with Gasteiger partial charge in [0.1, 0.15) is 0 Å². The van der Waals surface area contributed by atoms with Crippen molar-refractivity contribution in [1.29, 1.82) is 0 Å². The molecule has 0 saturated carbocycles. The molecule has 1 rings (SSSR count). The third kappa shape index (κ3) is 3.44. The molecule has 1 atom stereocenters. The third-order valence-corrected chi connectivity index (χ3v) is 4.14. The van der Waals surface area contributed by atoms with Crippen molar-refractivity contribution in [2.45, 2.75) is 58.9 Å². The number of carbonyl (C=O) groups is 1. The van der Waals surface area contributed by atoms with E-state index in [4.69, 9.17) is 0 Å². The molecule has 1 fully saturated rings. The first-order chi connectivity index (χ1) is 8.07. The molecule has 1 aliphatic rings. The summed E-state index contributed by atoms with van der Waals surface area (Å²) < 4.78 is 0. The minimum Gasteiger partial charge on any atom is -0.341 e. The van der Waals surface area contributed by atoms with Gasteiger partial charge < -0.3 is 10.2 Å². The van der Waals surface area contributed by atoms with Crippen molar-refractivity contribution < 1.29 is 4.79 Å². The maximum atomic E-state index is 12.5. The summed E-state index contributed by atoms with van der Waals surface area (Å²) >= 11 is 0. The molecule has 1 N–H and O–H groups in total. The van der Waals surface area contributed by atoms with Crippen molar-refractivity contribution in [3.8, 4) is 0 Å². The number of rotatable bonds is 6. The SMILES string of the molecule is CCC(CC)CN(CC)C(=O)C1(C)CCCN1. The lowest BCUT2D eigenvalue weighted by Gasteiger charge is -2.33. The Morgan fingerprint density at radius 3 is 2.41 bits per heavy atom. The molecule has 0 aromatic heterocycles. The highest BCUT2D eigenvalue weighted by atomic mass is 16.2. The molecular formula is C14H28N2O. The van der Waals surface area contributed by atoms with E-state index in [1.54, 1.807) is 0 Å². The van der Waals surface area contributed by atoms with Gasteiger partial charge in [0.25, 0.3) is 0 Å². The van der Waals surface area contributed by atoms with Crippen LogP contribution in [0.2, 0.25) is 0 Å². The monoisotopic (exact) mass is 240 g/mol. The number of likely N-dealkylation sites (N-methyl/N-ethyl adjacent to an activating group) is 1. The largest absolute Gasteiger partial charge is 0.341 e. The van der Waals surface area contributed by atoms with Gasteiger partial charge >= 0.3 is 0 Å². The van der Waals surface area contributed by atoms with Gasteiger partial charge in [-0.2, -0.15) is 0 Å². The van der Waals surface area contributed by atoms with Gasteiger partial charge in [0, 0.05) is 13.1 Å². The van der Waals surface area contributed by atoms with Crippen molar-refractivity contribution in [2.75, 3.05) is 19.6 Å². The Morgan fingerprint density at radius 2 is 2.00 bits per heavy atom. The fraction of sp³-hybridized carbons (Fsp3) is 0.929. The van der Waals surface area contributed by atoms with Gasteiger partial charge in [-0.1, -0.05) is 26.7 Å². The second-order valence-electron chi connectivity index (χ2n) is 5.39. The lowest BCUT2D eigenvalue weighted by Crippen LogP contribution is -2.53. The van der Waals surface area contributed by atoms with Crippen LogP contribution in [0.15, 0.2) is 0 Å². The Hall–Kier alpha value is -0.570. The molecule has 0 aromatic rings. The molecular weight excluding hydrogens is 212 g/mol. The van der Waals surface area contributed by atoms with Crippen molar-refractivity contribution in [3.63, 3.8) is 0 Å². The molecule has 1 amide bonds. The molecule has 0 aromatic carbocycles. The van der Waals surface area contributed by atoms with Crippen LogP contribution in [-0.4, -0.2) is 36.0 Å². The summed E-state index contributed by atoms with van der Waals surface area (Å²) in [6.45, 7) is 11.3. The topological polar surface area (TPSA) is 32.3 Å². The number of nitrogens with zero attached hydrogens (tertiary/aromatic N) is 1. The molecule has 3 heteroatoms. The minimum absolute atomic E-state index is 0.296. The first kappa shape index (κ1) is 14.5. The van der Waals surface area contributed by atoms with Crippen LogP contribution in [0.5, 0.6) is 0 Å². The van der Waals surface area contributed by atoms with E-state index in [2.05, 4.69) is 33.0 Å². The highest BCUT2D eigenvalue weighted by molar-refractivity contribution is 5.86. The second-order valence-corrected chi connectivity index (χ2v) is 5.39. The molecule has 0 spiro atoms. The average molecular weight is 240 g/mol. The minimum atomic E-state index is -0.304. The average Bonchev–Trinajstić information content (AvgIpc) is 2.78. The number of amides is 1. The lowest BCUT2D eigenvalue weighted by atomic mass is 9.96. The lowest BCUT2D eigenvalue weighted by molar-refractivity contribution is -0.137. The zero-order chi connectivity index (χ0) is 12.9. The highest BCUT2D eigenvalue weighted by Crippen LogP contribution is 2.22. The predicted molar refractivity (Wildman–Crippen MR) is 72.0 cm³/mol. The molecule has 1 saturated heterocycles. The van der Waals surface area contributed by atoms with Crippen LogP contribution >= 0.6 is 0 Å². The van der Waals surface area contributed by atoms with E-state index < -0.39 is 0 Å². The Balaban J connectivity index is 2.63. The molecule has 100 valence electrons. The van der Waals surface area contributed by atoms with Crippen molar-refractivity contribution in [2.24, 2.45) is 5.92 Å². The number of carbonyl (C=O) groups excluding carboxylic acids is 1. The van der Waals surface area contributed by atoms with Crippen LogP contribution in [0.3, 0.4) is 0 Å². The highest BCUT2D eigenvalue weighted by Gasteiger charge is 2.38. The molecule has 1 aliphatic heterocycles. The molecule has 0 radical (unpaired) electrons. The van der Waals surface area contributed by atoms with Crippen molar-refractivity contribution in [1.82, 2.24) is 10.2 Å². The van der Waals surface area contributed by atoms with E-state index in [0.29, 0.717) is 11.8 Å². The number of hydrogen-bond donors (Lipinski definition) is 1. The quantitative estimate of drug-likeness (QED) is 0.773. The maximum absolute atomic E-state index is 12.5.